The van der Waals surface area contributed by atoms with Crippen molar-refractivity contribution in [2.24, 2.45) is 0 Å². The van der Waals surface area contributed by atoms with E-state index in [9.17, 15) is 9.90 Å². The van der Waals surface area contributed by atoms with Crippen molar-refractivity contribution in [2.75, 3.05) is 26.3 Å². The third kappa shape index (κ3) is 2.59. The Kier molecular flexibility index (Phi) is 3.87. The van der Waals surface area contributed by atoms with Crippen LogP contribution >= 0.6 is 0 Å². The SMILES string of the molecule is CCOc1ccccc1C(=O)N1CC2(C1)CC(O)(CC)CO2. The number of nitrogens with zero attached hydrogens (tertiary/aromatic N) is 1. The van der Waals surface area contributed by atoms with Crippen molar-refractivity contribution in [3.8, 4) is 5.75 Å². The van der Waals surface area contributed by atoms with Crippen LogP contribution in [0.1, 0.15) is 37.0 Å². The molecule has 1 spiro atoms. The van der Waals surface area contributed by atoms with Crippen LogP contribution in [0.25, 0.3) is 0 Å². The number of carbonyl (C=O) groups excluding carboxylic acids is 1. The number of ether oxygens (including phenoxy) is 2. The maximum absolute atomic E-state index is 12.6. The van der Waals surface area contributed by atoms with Gasteiger partial charge in [-0.05, 0) is 25.5 Å². The highest BCUT2D eigenvalue weighted by molar-refractivity contribution is 5.97. The minimum Gasteiger partial charge on any atom is -0.493 e. The molecule has 2 aliphatic heterocycles. The van der Waals surface area contributed by atoms with E-state index in [1.807, 2.05) is 32.0 Å². The van der Waals surface area contributed by atoms with Gasteiger partial charge in [0.2, 0.25) is 0 Å². The first-order valence-electron chi connectivity index (χ1n) is 7.88. The van der Waals surface area contributed by atoms with Gasteiger partial charge in [-0.15, -0.1) is 0 Å². The van der Waals surface area contributed by atoms with Crippen molar-refractivity contribution >= 4 is 5.91 Å². The van der Waals surface area contributed by atoms with Gasteiger partial charge in [0.15, 0.2) is 0 Å². The molecule has 0 aromatic heterocycles. The first-order valence-corrected chi connectivity index (χ1v) is 7.88. The maximum atomic E-state index is 12.6. The molecule has 1 unspecified atom stereocenters. The van der Waals surface area contributed by atoms with Crippen LogP contribution in [0.15, 0.2) is 24.3 Å². The largest absolute Gasteiger partial charge is 0.493 e. The highest BCUT2D eigenvalue weighted by Gasteiger charge is 2.55. The van der Waals surface area contributed by atoms with E-state index >= 15 is 0 Å². The average Bonchev–Trinajstić information content (AvgIpc) is 2.85. The zero-order valence-corrected chi connectivity index (χ0v) is 13.2. The number of hydrogen-bond acceptors (Lipinski definition) is 4. The first kappa shape index (κ1) is 15.3. The summed E-state index contributed by atoms with van der Waals surface area (Å²) in [6, 6.07) is 7.30. The second-order valence-electron chi connectivity index (χ2n) is 6.32. The molecule has 1 N–H and O–H groups in total. The predicted octanol–water partition coefficient (Wildman–Crippen LogP) is 1.84. The second kappa shape index (κ2) is 5.56. The lowest BCUT2D eigenvalue weighted by Gasteiger charge is -2.47. The quantitative estimate of drug-likeness (QED) is 0.922. The molecule has 1 atom stereocenters. The van der Waals surface area contributed by atoms with Gasteiger partial charge in [-0.2, -0.15) is 0 Å². The average molecular weight is 305 g/mol. The normalized spacial score (nSPS) is 26.0. The summed E-state index contributed by atoms with van der Waals surface area (Å²) in [4.78, 5) is 14.4. The van der Waals surface area contributed by atoms with Gasteiger partial charge >= 0.3 is 0 Å². The summed E-state index contributed by atoms with van der Waals surface area (Å²) in [5.41, 5.74) is -0.512. The topological polar surface area (TPSA) is 59.0 Å². The molecular weight excluding hydrogens is 282 g/mol. The van der Waals surface area contributed by atoms with E-state index in [4.69, 9.17) is 9.47 Å². The fraction of sp³-hybridized carbons (Fsp3) is 0.588. The van der Waals surface area contributed by atoms with E-state index in [0.717, 1.165) is 0 Å². The number of benzene rings is 1. The summed E-state index contributed by atoms with van der Waals surface area (Å²) < 4.78 is 11.3. The molecule has 1 aromatic carbocycles. The molecule has 5 nitrogen and oxygen atoms in total. The standard InChI is InChI=1S/C17H23NO4/c1-3-16(20)9-17(22-12-16)10-18(11-17)15(19)13-7-5-6-8-14(13)21-4-2/h5-8,20H,3-4,9-12H2,1-2H3. The first-order chi connectivity index (χ1) is 10.5. The minimum absolute atomic E-state index is 0.0368. The van der Waals surface area contributed by atoms with Crippen LogP contribution in [-0.2, 0) is 4.74 Å². The van der Waals surface area contributed by atoms with Gasteiger partial charge < -0.3 is 19.5 Å². The second-order valence-corrected chi connectivity index (χ2v) is 6.32. The Bertz CT molecular complexity index is 568. The van der Waals surface area contributed by atoms with Crippen molar-refractivity contribution < 1.29 is 19.4 Å². The molecule has 0 saturated carbocycles. The molecule has 2 fully saturated rings. The number of amides is 1. The van der Waals surface area contributed by atoms with Crippen LogP contribution in [-0.4, -0.2) is 53.4 Å². The Balaban J connectivity index is 1.67. The highest BCUT2D eigenvalue weighted by atomic mass is 16.5. The fourth-order valence-electron chi connectivity index (χ4n) is 3.31. The Labute approximate surface area is 130 Å². The minimum atomic E-state index is -0.738. The Hall–Kier alpha value is -1.59. The van der Waals surface area contributed by atoms with E-state index in [2.05, 4.69) is 0 Å². The monoisotopic (exact) mass is 305 g/mol. The van der Waals surface area contributed by atoms with Crippen LogP contribution in [0.5, 0.6) is 5.75 Å². The lowest BCUT2D eigenvalue weighted by atomic mass is 9.83. The van der Waals surface area contributed by atoms with Crippen LogP contribution < -0.4 is 4.74 Å². The molecule has 5 heteroatoms. The lowest BCUT2D eigenvalue weighted by Crippen LogP contribution is -2.63. The van der Waals surface area contributed by atoms with Crippen molar-refractivity contribution in [3.63, 3.8) is 0 Å². The van der Waals surface area contributed by atoms with Crippen LogP contribution in [0.3, 0.4) is 0 Å². The molecule has 1 amide bonds. The molecule has 0 bridgehead atoms. The molecular formula is C17H23NO4. The lowest BCUT2D eigenvalue weighted by molar-refractivity contribution is -0.0956. The zero-order chi connectivity index (χ0) is 15.8. The molecule has 1 aromatic rings. The van der Waals surface area contributed by atoms with Gasteiger partial charge in [0.1, 0.15) is 11.4 Å². The van der Waals surface area contributed by atoms with E-state index in [1.54, 1.807) is 11.0 Å². The maximum Gasteiger partial charge on any atom is 0.257 e. The van der Waals surface area contributed by atoms with Crippen molar-refractivity contribution in [1.29, 1.82) is 0 Å². The Morgan fingerprint density at radius 3 is 2.73 bits per heavy atom. The van der Waals surface area contributed by atoms with Gasteiger partial charge in [-0.1, -0.05) is 19.1 Å². The van der Waals surface area contributed by atoms with Gasteiger partial charge in [-0.3, -0.25) is 4.79 Å². The fourth-order valence-corrected chi connectivity index (χ4v) is 3.31. The highest BCUT2D eigenvalue weighted by Crippen LogP contribution is 2.42. The zero-order valence-electron chi connectivity index (χ0n) is 13.2. The van der Waals surface area contributed by atoms with Gasteiger partial charge in [0, 0.05) is 6.42 Å². The van der Waals surface area contributed by atoms with Gasteiger partial charge in [-0.25, -0.2) is 0 Å². The summed E-state index contributed by atoms with van der Waals surface area (Å²) in [5.74, 6) is 0.582. The molecule has 0 radical (unpaired) electrons. The molecule has 0 aliphatic carbocycles. The summed E-state index contributed by atoms with van der Waals surface area (Å²) in [6.45, 7) is 5.82. The van der Waals surface area contributed by atoms with Crippen molar-refractivity contribution in [2.45, 2.75) is 37.9 Å². The Morgan fingerprint density at radius 2 is 2.09 bits per heavy atom. The smallest absolute Gasteiger partial charge is 0.257 e. The van der Waals surface area contributed by atoms with E-state index < -0.39 is 5.60 Å². The molecule has 22 heavy (non-hydrogen) atoms. The van der Waals surface area contributed by atoms with Crippen LogP contribution in [0.2, 0.25) is 0 Å². The number of likely N-dealkylation sites (tertiary alicyclic amines) is 1. The summed E-state index contributed by atoms with van der Waals surface area (Å²) in [5, 5.41) is 10.3. The molecule has 2 heterocycles. The summed E-state index contributed by atoms with van der Waals surface area (Å²) >= 11 is 0. The molecule has 2 saturated heterocycles. The number of carbonyl (C=O) groups is 1. The summed E-state index contributed by atoms with van der Waals surface area (Å²) in [6.07, 6.45) is 1.28. The molecule has 120 valence electrons. The van der Waals surface area contributed by atoms with E-state index in [0.29, 0.717) is 50.5 Å². The number of hydrogen-bond donors (Lipinski definition) is 1. The number of rotatable bonds is 4. The van der Waals surface area contributed by atoms with Gasteiger partial charge in [0.25, 0.3) is 5.91 Å². The van der Waals surface area contributed by atoms with Crippen LogP contribution in [0.4, 0.5) is 0 Å². The van der Waals surface area contributed by atoms with Gasteiger partial charge in [0.05, 0.1) is 37.5 Å². The van der Waals surface area contributed by atoms with Crippen molar-refractivity contribution in [3.05, 3.63) is 29.8 Å². The predicted molar refractivity (Wildman–Crippen MR) is 82.1 cm³/mol. The van der Waals surface area contributed by atoms with E-state index in [1.165, 1.54) is 0 Å². The van der Waals surface area contributed by atoms with Crippen molar-refractivity contribution in [1.82, 2.24) is 4.90 Å². The number of para-hydroxylation sites is 1. The summed E-state index contributed by atoms with van der Waals surface area (Å²) in [7, 11) is 0. The molecule has 2 aliphatic rings. The third-order valence-corrected chi connectivity index (χ3v) is 4.62. The number of aliphatic hydroxyl groups is 1. The molecule has 3 rings (SSSR count). The third-order valence-electron chi connectivity index (χ3n) is 4.62. The van der Waals surface area contributed by atoms with E-state index in [-0.39, 0.29) is 11.5 Å². The van der Waals surface area contributed by atoms with Crippen LogP contribution in [0, 0.1) is 0 Å². The Morgan fingerprint density at radius 1 is 1.36 bits per heavy atom.